The van der Waals surface area contributed by atoms with Gasteiger partial charge in [0.15, 0.2) is 11.5 Å². The highest BCUT2D eigenvalue weighted by Gasteiger charge is 2.25. The zero-order valence-corrected chi connectivity index (χ0v) is 16.7. The Balaban J connectivity index is 1.47. The molecule has 9 heteroatoms. The van der Waals surface area contributed by atoms with E-state index in [1.165, 1.54) is 29.2 Å². The summed E-state index contributed by atoms with van der Waals surface area (Å²) in [6, 6.07) is 9.36. The first-order valence-electron chi connectivity index (χ1n) is 10.0. The first-order chi connectivity index (χ1) is 14.5. The van der Waals surface area contributed by atoms with Gasteiger partial charge in [-0.25, -0.2) is 0 Å². The summed E-state index contributed by atoms with van der Waals surface area (Å²) in [6.45, 7) is 4.03. The van der Waals surface area contributed by atoms with Crippen molar-refractivity contribution in [1.29, 1.82) is 0 Å². The summed E-state index contributed by atoms with van der Waals surface area (Å²) >= 11 is 0. The maximum atomic E-state index is 13.0. The number of benzene rings is 1. The fourth-order valence-electron chi connectivity index (χ4n) is 3.63. The molecule has 5 rings (SSSR count). The molecule has 9 nitrogen and oxygen atoms in total. The second-order valence-corrected chi connectivity index (χ2v) is 7.94. The van der Waals surface area contributed by atoms with E-state index in [4.69, 9.17) is 0 Å². The van der Waals surface area contributed by atoms with Gasteiger partial charge in [0.05, 0.1) is 11.9 Å². The van der Waals surface area contributed by atoms with Crippen molar-refractivity contribution >= 4 is 28.3 Å². The third-order valence-electron chi connectivity index (χ3n) is 5.30. The van der Waals surface area contributed by atoms with Crippen LogP contribution in [0, 0.1) is 0 Å². The van der Waals surface area contributed by atoms with Crippen LogP contribution in [0.2, 0.25) is 0 Å². The summed E-state index contributed by atoms with van der Waals surface area (Å²) in [5.41, 5.74) is 2.66. The molecule has 1 aromatic carbocycles. The highest BCUT2D eigenvalue weighted by atomic mass is 16.2. The minimum Gasteiger partial charge on any atom is -0.309 e. The van der Waals surface area contributed by atoms with Gasteiger partial charge in [-0.15, -0.1) is 15.3 Å². The fourth-order valence-corrected chi connectivity index (χ4v) is 3.63. The van der Waals surface area contributed by atoms with Crippen molar-refractivity contribution in [3.05, 3.63) is 58.1 Å². The van der Waals surface area contributed by atoms with E-state index in [1.54, 1.807) is 12.1 Å². The Morgan fingerprint density at radius 2 is 2.03 bits per heavy atom. The second kappa shape index (κ2) is 7.01. The first kappa shape index (κ1) is 18.4. The highest BCUT2D eigenvalue weighted by Crippen LogP contribution is 2.40. The van der Waals surface area contributed by atoms with Crippen LogP contribution in [-0.4, -0.2) is 35.5 Å². The van der Waals surface area contributed by atoms with Crippen molar-refractivity contribution in [3.8, 4) is 0 Å². The maximum absolute atomic E-state index is 13.0. The van der Waals surface area contributed by atoms with Crippen LogP contribution >= 0.6 is 0 Å². The average molecular weight is 403 g/mol. The zero-order valence-electron chi connectivity index (χ0n) is 16.7. The Hall–Kier alpha value is -3.62. The molecular weight excluding hydrogens is 382 g/mol. The number of amides is 1. The average Bonchev–Trinajstić information content (AvgIpc) is 3.47. The predicted molar refractivity (Wildman–Crippen MR) is 111 cm³/mol. The molecule has 0 unspecified atom stereocenters. The third kappa shape index (κ3) is 3.32. The number of carbonyl (C=O) groups is 1. The molecule has 0 radical (unpaired) electrons. The number of carbonyl (C=O) groups excluding carboxylic acids is 1. The number of anilines is 1. The molecule has 1 amide bonds. The first-order valence-corrected chi connectivity index (χ1v) is 10.0. The minimum atomic E-state index is -0.358. The molecule has 1 saturated carbocycles. The normalized spacial score (nSPS) is 14.0. The quantitative estimate of drug-likeness (QED) is 0.549. The van der Waals surface area contributed by atoms with E-state index in [9.17, 15) is 9.59 Å². The van der Waals surface area contributed by atoms with Gasteiger partial charge in [0.25, 0.3) is 0 Å². The van der Waals surface area contributed by atoms with Gasteiger partial charge in [-0.3, -0.25) is 14.3 Å². The number of nitrogens with zero attached hydrogens (tertiary/aromatic N) is 6. The third-order valence-corrected chi connectivity index (χ3v) is 5.30. The topological polar surface area (TPSA) is 107 Å². The number of hydrogen-bond donors (Lipinski definition) is 1. The van der Waals surface area contributed by atoms with Crippen LogP contribution in [-0.2, 0) is 11.2 Å². The summed E-state index contributed by atoms with van der Waals surface area (Å²) in [5, 5.41) is 19.7. The van der Waals surface area contributed by atoms with Crippen LogP contribution in [0.25, 0.3) is 16.6 Å². The van der Waals surface area contributed by atoms with E-state index >= 15 is 0 Å². The fraction of sp³-hybridized carbons (Fsp3) is 0.333. The number of hydrogen-bond acceptors (Lipinski definition) is 6. The molecule has 0 spiro atoms. The Bertz CT molecular complexity index is 1330. The molecule has 0 aliphatic heterocycles. The summed E-state index contributed by atoms with van der Waals surface area (Å²) < 4.78 is 3.31. The molecule has 1 aliphatic rings. The predicted octanol–water partition coefficient (Wildman–Crippen LogP) is 2.47. The van der Waals surface area contributed by atoms with Gasteiger partial charge in [0.2, 0.25) is 11.3 Å². The lowest BCUT2D eigenvalue weighted by Crippen LogP contribution is -2.25. The van der Waals surface area contributed by atoms with E-state index in [2.05, 4.69) is 31.8 Å². The maximum Gasteiger partial charge on any atom is 0.231 e. The second-order valence-electron chi connectivity index (χ2n) is 7.94. The molecule has 4 aromatic rings. The van der Waals surface area contributed by atoms with Crippen LogP contribution in [0.4, 0.5) is 5.82 Å². The van der Waals surface area contributed by atoms with Gasteiger partial charge in [-0.2, -0.15) is 9.61 Å². The lowest BCUT2D eigenvalue weighted by atomic mass is 10.1. The van der Waals surface area contributed by atoms with Gasteiger partial charge >= 0.3 is 0 Å². The standard InChI is InChI=1S/C21H21N7O2/c1-12(2)28-17-9-14(13-3-4-13)5-6-15(17)21(30)16(25-28)10-20(29)23-18-7-8-19-24-22-11-27(19)26-18/h5-9,11-13H,3-4,10H2,1-2H3,(H,23,26,29). The van der Waals surface area contributed by atoms with Crippen molar-refractivity contribution in [1.82, 2.24) is 29.6 Å². The summed E-state index contributed by atoms with van der Waals surface area (Å²) in [4.78, 5) is 25.6. The molecule has 0 bridgehead atoms. The van der Waals surface area contributed by atoms with Crippen molar-refractivity contribution in [2.75, 3.05) is 5.32 Å². The Morgan fingerprint density at radius 3 is 2.80 bits per heavy atom. The Labute approximate surface area is 171 Å². The Kier molecular flexibility index (Phi) is 4.30. The molecule has 1 aliphatic carbocycles. The lowest BCUT2D eigenvalue weighted by Gasteiger charge is -2.16. The van der Waals surface area contributed by atoms with Crippen molar-refractivity contribution in [2.45, 2.75) is 45.1 Å². The van der Waals surface area contributed by atoms with E-state index in [0.717, 1.165) is 5.52 Å². The number of nitrogens with one attached hydrogen (secondary N) is 1. The van der Waals surface area contributed by atoms with E-state index in [-0.39, 0.29) is 29.5 Å². The smallest absolute Gasteiger partial charge is 0.231 e. The number of aromatic nitrogens is 6. The molecule has 3 heterocycles. The summed E-state index contributed by atoms with van der Waals surface area (Å²) in [6.07, 6.45) is 3.71. The van der Waals surface area contributed by atoms with Crippen LogP contribution < -0.4 is 10.7 Å². The zero-order chi connectivity index (χ0) is 20.8. The number of rotatable bonds is 5. The molecule has 3 aromatic heterocycles. The SMILES string of the molecule is CC(C)n1nc(CC(=O)Nc2ccc3nncn3n2)c(=O)c2ccc(C3CC3)cc21. The molecule has 152 valence electrons. The Morgan fingerprint density at radius 1 is 1.20 bits per heavy atom. The summed E-state index contributed by atoms with van der Waals surface area (Å²) in [5.74, 6) is 0.584. The molecule has 0 atom stereocenters. The van der Waals surface area contributed by atoms with E-state index < -0.39 is 0 Å². The van der Waals surface area contributed by atoms with Gasteiger partial charge in [0, 0.05) is 11.4 Å². The van der Waals surface area contributed by atoms with Crippen molar-refractivity contribution in [3.63, 3.8) is 0 Å². The van der Waals surface area contributed by atoms with Crippen LogP contribution in [0.3, 0.4) is 0 Å². The number of fused-ring (bicyclic) bond motifs is 2. The van der Waals surface area contributed by atoms with Gasteiger partial charge in [0.1, 0.15) is 12.0 Å². The molecule has 1 N–H and O–H groups in total. The van der Waals surface area contributed by atoms with E-state index in [0.29, 0.717) is 22.8 Å². The molecule has 0 saturated heterocycles. The van der Waals surface area contributed by atoms with Crippen LogP contribution in [0.5, 0.6) is 0 Å². The van der Waals surface area contributed by atoms with Crippen molar-refractivity contribution in [2.24, 2.45) is 0 Å². The van der Waals surface area contributed by atoms with E-state index in [1.807, 2.05) is 30.7 Å². The van der Waals surface area contributed by atoms with Gasteiger partial charge in [-0.1, -0.05) is 6.07 Å². The largest absolute Gasteiger partial charge is 0.309 e. The molecule has 1 fully saturated rings. The molecule has 30 heavy (non-hydrogen) atoms. The lowest BCUT2D eigenvalue weighted by molar-refractivity contribution is -0.115. The van der Waals surface area contributed by atoms with Crippen LogP contribution in [0.1, 0.15) is 49.9 Å². The monoisotopic (exact) mass is 403 g/mol. The van der Waals surface area contributed by atoms with Crippen LogP contribution in [0.15, 0.2) is 41.5 Å². The highest BCUT2D eigenvalue weighted by molar-refractivity contribution is 5.91. The van der Waals surface area contributed by atoms with Gasteiger partial charge in [-0.05, 0) is 62.4 Å². The minimum absolute atomic E-state index is 0.0576. The van der Waals surface area contributed by atoms with Gasteiger partial charge < -0.3 is 5.32 Å². The van der Waals surface area contributed by atoms with Crippen molar-refractivity contribution < 1.29 is 4.79 Å². The summed E-state index contributed by atoms with van der Waals surface area (Å²) in [7, 11) is 0. The molecular formula is C21H21N7O2.